The summed E-state index contributed by atoms with van der Waals surface area (Å²) in [6.45, 7) is 2.87. The summed E-state index contributed by atoms with van der Waals surface area (Å²) in [5.41, 5.74) is 2.18. The van der Waals surface area contributed by atoms with Crippen LogP contribution >= 0.6 is 15.9 Å². The number of hydrogen-bond acceptors (Lipinski definition) is 3. The van der Waals surface area contributed by atoms with Gasteiger partial charge in [0.2, 0.25) is 0 Å². The van der Waals surface area contributed by atoms with Crippen LogP contribution in [-0.2, 0) is 13.0 Å². The van der Waals surface area contributed by atoms with Gasteiger partial charge in [-0.3, -0.25) is 9.67 Å². The highest BCUT2D eigenvalue weighted by atomic mass is 79.9. The van der Waals surface area contributed by atoms with Crippen LogP contribution < -0.4 is 0 Å². The normalized spacial score (nSPS) is 12.6. The number of nitrogens with zero attached hydrogens (tertiary/aromatic N) is 4. The molecule has 84 valence electrons. The summed E-state index contributed by atoms with van der Waals surface area (Å²) in [5, 5.41) is 8.15. The van der Waals surface area contributed by atoms with Gasteiger partial charge < -0.3 is 0 Å². The molecule has 2 heterocycles. The van der Waals surface area contributed by atoms with Crippen LogP contribution in [0, 0.1) is 0 Å². The van der Waals surface area contributed by atoms with Gasteiger partial charge in [0, 0.05) is 25.1 Å². The van der Waals surface area contributed by atoms with Crippen molar-refractivity contribution in [2.45, 2.75) is 24.7 Å². The molecule has 0 radical (unpaired) electrons. The third-order valence-electron chi connectivity index (χ3n) is 2.32. The van der Waals surface area contributed by atoms with E-state index in [4.69, 9.17) is 0 Å². The highest BCUT2D eigenvalue weighted by Gasteiger charge is 2.05. The number of halogens is 1. The van der Waals surface area contributed by atoms with Crippen molar-refractivity contribution >= 4 is 15.9 Å². The SMILES string of the molecule is CC(Br)c1cn(CCc2cccnc2)nn1. The molecular weight excluding hydrogens is 268 g/mol. The van der Waals surface area contributed by atoms with E-state index in [1.807, 2.05) is 30.1 Å². The Bertz CT molecular complexity index is 438. The quantitative estimate of drug-likeness (QED) is 0.808. The lowest BCUT2D eigenvalue weighted by Crippen LogP contribution is -2.02. The first-order chi connectivity index (χ1) is 7.75. The van der Waals surface area contributed by atoms with Crippen molar-refractivity contribution in [1.29, 1.82) is 0 Å². The molecule has 0 bridgehead atoms. The molecule has 0 saturated carbocycles. The van der Waals surface area contributed by atoms with Gasteiger partial charge in [0.25, 0.3) is 0 Å². The third-order valence-corrected chi connectivity index (χ3v) is 2.79. The number of alkyl halides is 1. The number of hydrogen-bond donors (Lipinski definition) is 0. The molecule has 0 amide bonds. The molecule has 2 aromatic rings. The molecule has 0 fully saturated rings. The fourth-order valence-electron chi connectivity index (χ4n) is 1.39. The predicted octanol–water partition coefficient (Wildman–Crippen LogP) is 2.37. The fraction of sp³-hybridized carbons (Fsp3) is 0.364. The van der Waals surface area contributed by atoms with Crippen molar-refractivity contribution in [2.24, 2.45) is 0 Å². The minimum atomic E-state index is 0.250. The van der Waals surface area contributed by atoms with Crippen LogP contribution in [-0.4, -0.2) is 20.0 Å². The second kappa shape index (κ2) is 5.21. The Hall–Kier alpha value is -1.23. The first-order valence-electron chi connectivity index (χ1n) is 5.18. The molecule has 2 aromatic heterocycles. The Morgan fingerprint density at radius 3 is 3.00 bits per heavy atom. The summed E-state index contributed by atoms with van der Waals surface area (Å²) in [6.07, 6.45) is 6.55. The molecule has 0 aromatic carbocycles. The lowest BCUT2D eigenvalue weighted by Gasteiger charge is -2.00. The predicted molar refractivity (Wildman–Crippen MR) is 65.3 cm³/mol. The Balaban J connectivity index is 1.95. The van der Waals surface area contributed by atoms with Crippen LogP contribution in [0.25, 0.3) is 0 Å². The zero-order valence-electron chi connectivity index (χ0n) is 9.05. The summed E-state index contributed by atoms with van der Waals surface area (Å²) in [5.74, 6) is 0. The van der Waals surface area contributed by atoms with Crippen LogP contribution in [0.1, 0.15) is 23.0 Å². The molecule has 5 heteroatoms. The van der Waals surface area contributed by atoms with E-state index < -0.39 is 0 Å². The van der Waals surface area contributed by atoms with Gasteiger partial charge in [-0.2, -0.15) is 0 Å². The zero-order valence-corrected chi connectivity index (χ0v) is 10.6. The minimum absolute atomic E-state index is 0.250. The van der Waals surface area contributed by atoms with Crippen molar-refractivity contribution in [3.8, 4) is 0 Å². The maximum Gasteiger partial charge on any atom is 0.0960 e. The number of aryl methyl sites for hydroxylation is 2. The maximum atomic E-state index is 4.08. The van der Waals surface area contributed by atoms with Gasteiger partial charge in [0.05, 0.1) is 10.5 Å². The van der Waals surface area contributed by atoms with E-state index in [0.717, 1.165) is 18.7 Å². The summed E-state index contributed by atoms with van der Waals surface area (Å²) in [4.78, 5) is 4.33. The van der Waals surface area contributed by atoms with Crippen LogP contribution in [0.3, 0.4) is 0 Å². The molecule has 0 spiro atoms. The largest absolute Gasteiger partial charge is 0.264 e. The number of aromatic nitrogens is 4. The van der Waals surface area contributed by atoms with Gasteiger partial charge >= 0.3 is 0 Å². The van der Waals surface area contributed by atoms with Crippen molar-refractivity contribution in [1.82, 2.24) is 20.0 Å². The first kappa shape index (κ1) is 11.3. The highest BCUT2D eigenvalue weighted by Crippen LogP contribution is 2.18. The first-order valence-corrected chi connectivity index (χ1v) is 6.10. The molecule has 2 rings (SSSR count). The van der Waals surface area contributed by atoms with Crippen LogP contribution in [0.2, 0.25) is 0 Å². The van der Waals surface area contributed by atoms with Gasteiger partial charge in [-0.25, -0.2) is 0 Å². The van der Waals surface area contributed by atoms with Crippen LogP contribution in [0.5, 0.6) is 0 Å². The van der Waals surface area contributed by atoms with Gasteiger partial charge in [-0.05, 0) is 25.0 Å². The highest BCUT2D eigenvalue weighted by molar-refractivity contribution is 9.09. The molecule has 0 aliphatic carbocycles. The van der Waals surface area contributed by atoms with E-state index in [9.17, 15) is 0 Å². The average Bonchev–Trinajstić information content (AvgIpc) is 2.76. The van der Waals surface area contributed by atoms with E-state index in [1.54, 1.807) is 6.20 Å². The Morgan fingerprint density at radius 2 is 2.38 bits per heavy atom. The lowest BCUT2D eigenvalue weighted by atomic mass is 10.2. The zero-order chi connectivity index (χ0) is 11.4. The molecule has 1 unspecified atom stereocenters. The monoisotopic (exact) mass is 280 g/mol. The summed E-state index contributed by atoms with van der Waals surface area (Å²) < 4.78 is 1.86. The lowest BCUT2D eigenvalue weighted by molar-refractivity contribution is 0.588. The fourth-order valence-corrected chi connectivity index (χ4v) is 1.60. The standard InChI is InChI=1S/C11H13BrN4/c1-9(12)11-8-16(15-14-11)6-4-10-3-2-5-13-7-10/h2-3,5,7-9H,4,6H2,1H3. The van der Waals surface area contributed by atoms with E-state index in [1.165, 1.54) is 5.56 Å². The molecule has 0 saturated heterocycles. The molecule has 0 aliphatic heterocycles. The van der Waals surface area contributed by atoms with E-state index in [0.29, 0.717) is 0 Å². The van der Waals surface area contributed by atoms with Gasteiger partial charge in [0.1, 0.15) is 0 Å². The Morgan fingerprint density at radius 1 is 1.50 bits per heavy atom. The topological polar surface area (TPSA) is 43.6 Å². The molecule has 4 nitrogen and oxygen atoms in total. The maximum absolute atomic E-state index is 4.08. The van der Waals surface area contributed by atoms with E-state index in [-0.39, 0.29) is 4.83 Å². The van der Waals surface area contributed by atoms with Crippen molar-refractivity contribution in [2.75, 3.05) is 0 Å². The smallest absolute Gasteiger partial charge is 0.0960 e. The van der Waals surface area contributed by atoms with Gasteiger partial charge in [-0.15, -0.1) is 5.10 Å². The van der Waals surface area contributed by atoms with E-state index >= 15 is 0 Å². The molecule has 0 aliphatic rings. The number of rotatable bonds is 4. The Labute approximate surface area is 103 Å². The third kappa shape index (κ3) is 2.88. The van der Waals surface area contributed by atoms with E-state index in [2.05, 4.69) is 37.3 Å². The second-order valence-electron chi connectivity index (χ2n) is 3.63. The minimum Gasteiger partial charge on any atom is -0.264 e. The molecule has 0 N–H and O–H groups in total. The number of pyridine rings is 1. The molecule has 1 atom stereocenters. The Kier molecular flexibility index (Phi) is 3.66. The van der Waals surface area contributed by atoms with Crippen LogP contribution in [0.4, 0.5) is 0 Å². The summed E-state index contributed by atoms with van der Waals surface area (Å²) in [7, 11) is 0. The van der Waals surface area contributed by atoms with Gasteiger partial charge in [0.15, 0.2) is 0 Å². The second-order valence-corrected chi connectivity index (χ2v) is 5.01. The van der Waals surface area contributed by atoms with Crippen molar-refractivity contribution in [3.05, 3.63) is 42.0 Å². The molecule has 16 heavy (non-hydrogen) atoms. The summed E-state index contributed by atoms with van der Waals surface area (Å²) in [6, 6.07) is 4.01. The molecular formula is C11H13BrN4. The van der Waals surface area contributed by atoms with Gasteiger partial charge in [-0.1, -0.05) is 27.2 Å². The van der Waals surface area contributed by atoms with Crippen LogP contribution in [0.15, 0.2) is 30.7 Å². The van der Waals surface area contributed by atoms with Crippen molar-refractivity contribution < 1.29 is 0 Å². The average molecular weight is 281 g/mol. The summed E-state index contributed by atoms with van der Waals surface area (Å²) >= 11 is 3.47. The van der Waals surface area contributed by atoms with Crippen molar-refractivity contribution in [3.63, 3.8) is 0 Å².